The van der Waals surface area contributed by atoms with Crippen LogP contribution in [0.1, 0.15) is 0 Å². The standard InChI is InChI=1S/C92H51BN4/c1-3-23-57-52(21-1)41-45-79-86(57)87-58-24-4-2-22-53(58)47-73-91(87)96(79)82-48-54(56-43-42-55(94-75-37-17-13-31-65(75)66-32-14-18-38-76(66)94)50-81(56)95-77-39-19-15-33-67(77)68-34-16-20-40-78(68)95)49-83-90(82)93(73)74-51-72-64-30-8-6-26-60(64)62-28-10-12-36-70(62)85(72)89-88-80(97(83)92(74)89)46-44-71-63-29-7-5-25-59(63)61-27-9-11-35-69(61)84(71)88/h1-51H. The van der Waals surface area contributed by atoms with E-state index in [4.69, 9.17) is 0 Å². The molecule has 0 amide bonds. The highest BCUT2D eigenvalue weighted by atomic mass is 15.0. The first kappa shape index (κ1) is 50.8. The van der Waals surface area contributed by atoms with E-state index in [1.807, 2.05) is 0 Å². The molecule has 22 aromatic rings. The third-order valence-electron chi connectivity index (χ3n) is 22.8. The van der Waals surface area contributed by atoms with Gasteiger partial charge in [-0.05, 0) is 158 Å². The molecule has 442 valence electrons. The normalized spacial score (nSPS) is 12.9. The van der Waals surface area contributed by atoms with Gasteiger partial charge in [-0.2, -0.15) is 0 Å². The Balaban J connectivity index is 0.939. The zero-order valence-corrected chi connectivity index (χ0v) is 52.3. The van der Waals surface area contributed by atoms with Gasteiger partial charge in [0, 0.05) is 76.5 Å². The molecule has 0 atom stereocenters. The Morgan fingerprint density at radius 1 is 0.206 bits per heavy atom. The maximum Gasteiger partial charge on any atom is 0.252 e. The molecule has 0 fully saturated rings. The van der Waals surface area contributed by atoms with E-state index in [-0.39, 0.29) is 6.71 Å². The number of fused-ring (bicyclic) bond motifs is 34. The predicted octanol–water partition coefficient (Wildman–Crippen LogP) is 22.1. The third kappa shape index (κ3) is 6.27. The maximum atomic E-state index is 2.75. The van der Waals surface area contributed by atoms with Gasteiger partial charge in [0.05, 0.1) is 49.8 Å². The second-order valence-corrected chi connectivity index (χ2v) is 27.2. The number of hydrogen-bond acceptors (Lipinski definition) is 0. The van der Waals surface area contributed by atoms with Gasteiger partial charge in [-0.15, -0.1) is 0 Å². The van der Waals surface area contributed by atoms with Crippen LogP contribution in [-0.2, 0) is 0 Å². The van der Waals surface area contributed by atoms with E-state index in [1.54, 1.807) is 0 Å². The second kappa shape index (κ2) is 18.2. The van der Waals surface area contributed by atoms with Crippen LogP contribution in [0.3, 0.4) is 0 Å². The number of rotatable bonds is 3. The van der Waals surface area contributed by atoms with Gasteiger partial charge in [0.25, 0.3) is 6.71 Å². The van der Waals surface area contributed by atoms with E-state index in [0.717, 1.165) is 22.5 Å². The Morgan fingerprint density at radius 3 is 1.18 bits per heavy atom. The first-order valence-electron chi connectivity index (χ1n) is 33.9. The number of nitrogens with zero attached hydrogens (tertiary/aromatic N) is 4. The van der Waals surface area contributed by atoms with Crippen LogP contribution in [0.4, 0.5) is 0 Å². The molecule has 0 bridgehead atoms. The minimum Gasteiger partial charge on any atom is -0.310 e. The topological polar surface area (TPSA) is 19.7 Å². The average molecular weight is 1220 g/mol. The van der Waals surface area contributed by atoms with Gasteiger partial charge in [-0.1, -0.05) is 249 Å². The molecule has 2 aliphatic rings. The summed E-state index contributed by atoms with van der Waals surface area (Å²) >= 11 is 0. The summed E-state index contributed by atoms with van der Waals surface area (Å²) in [6.07, 6.45) is 0. The fraction of sp³-hybridized carbons (Fsp3) is 0. The molecule has 5 heteroatoms. The van der Waals surface area contributed by atoms with Crippen molar-refractivity contribution in [1.82, 2.24) is 18.3 Å². The molecule has 24 rings (SSSR count). The van der Waals surface area contributed by atoms with Gasteiger partial charge >= 0.3 is 0 Å². The van der Waals surface area contributed by atoms with E-state index in [1.165, 1.54) is 201 Å². The third-order valence-corrected chi connectivity index (χ3v) is 22.8. The fourth-order valence-electron chi connectivity index (χ4n) is 19.1. The minimum absolute atomic E-state index is 0.165. The lowest BCUT2D eigenvalue weighted by Crippen LogP contribution is -2.59. The predicted molar refractivity (Wildman–Crippen MR) is 414 cm³/mol. The molecule has 0 radical (unpaired) electrons. The SMILES string of the molecule is c1ccc2c(c1)ccc1c2c2c3ccccc3cc3c2n1-c1cc(-c2ccc(-n4c5ccccc5c5ccccc54)cc2-n2c4ccccc4c4ccccc42)cc2c1B3c1cc3c4ccccc4c4ccccc4c3c3c4c5c6ccccc6c6ccccc6c5ccc4n-2c13. The Morgan fingerprint density at radius 2 is 0.608 bits per heavy atom. The van der Waals surface area contributed by atoms with Gasteiger partial charge in [-0.25, -0.2) is 0 Å². The molecule has 97 heavy (non-hydrogen) atoms. The summed E-state index contributed by atoms with van der Waals surface area (Å²) in [5, 5.41) is 30.5. The van der Waals surface area contributed by atoms with Crippen molar-refractivity contribution in [2.45, 2.75) is 0 Å². The van der Waals surface area contributed by atoms with Gasteiger partial charge in [0.2, 0.25) is 0 Å². The first-order chi connectivity index (χ1) is 48.2. The molecule has 6 heterocycles. The zero-order chi connectivity index (χ0) is 62.6. The summed E-state index contributed by atoms with van der Waals surface area (Å²) in [6.45, 7) is -0.165. The molecule has 2 aliphatic heterocycles. The second-order valence-electron chi connectivity index (χ2n) is 27.2. The first-order valence-corrected chi connectivity index (χ1v) is 33.9. The monoisotopic (exact) mass is 1220 g/mol. The summed E-state index contributed by atoms with van der Waals surface area (Å²) in [4.78, 5) is 0. The van der Waals surface area contributed by atoms with Crippen molar-refractivity contribution in [2.24, 2.45) is 0 Å². The van der Waals surface area contributed by atoms with E-state index >= 15 is 0 Å². The highest BCUT2D eigenvalue weighted by Gasteiger charge is 2.43. The van der Waals surface area contributed by atoms with Crippen LogP contribution in [0.2, 0.25) is 0 Å². The van der Waals surface area contributed by atoms with Gasteiger partial charge in [0.1, 0.15) is 0 Å². The lowest BCUT2D eigenvalue weighted by Gasteiger charge is -2.35. The Labute approximate surface area is 554 Å². The fourth-order valence-corrected chi connectivity index (χ4v) is 19.1. The molecule has 18 aromatic carbocycles. The minimum atomic E-state index is -0.165. The molecule has 0 spiro atoms. The van der Waals surface area contributed by atoms with Crippen LogP contribution in [0.5, 0.6) is 0 Å². The van der Waals surface area contributed by atoms with Crippen molar-refractivity contribution in [3.63, 3.8) is 0 Å². The lowest BCUT2D eigenvalue weighted by atomic mass is 9.34. The molecule has 0 saturated carbocycles. The van der Waals surface area contributed by atoms with Crippen molar-refractivity contribution in [3.05, 3.63) is 309 Å². The van der Waals surface area contributed by atoms with E-state index in [0.29, 0.717) is 0 Å². The van der Waals surface area contributed by atoms with Crippen LogP contribution >= 0.6 is 0 Å². The Bertz CT molecular complexity index is 7320. The quantitative estimate of drug-likeness (QED) is 0.124. The van der Waals surface area contributed by atoms with Gasteiger partial charge < -0.3 is 18.3 Å². The molecule has 4 aromatic heterocycles. The van der Waals surface area contributed by atoms with Gasteiger partial charge in [-0.3, -0.25) is 0 Å². The smallest absolute Gasteiger partial charge is 0.252 e. The molecule has 4 nitrogen and oxygen atoms in total. The van der Waals surface area contributed by atoms with Crippen LogP contribution < -0.4 is 16.4 Å². The number of para-hydroxylation sites is 4. The number of benzene rings is 18. The van der Waals surface area contributed by atoms with Crippen molar-refractivity contribution < 1.29 is 0 Å². The van der Waals surface area contributed by atoms with Crippen LogP contribution in [0, 0.1) is 0 Å². The van der Waals surface area contributed by atoms with Crippen LogP contribution in [-0.4, -0.2) is 25.0 Å². The molecular formula is C92H51BN4. The average Bonchev–Trinajstić information content (AvgIpc) is 1.52. The summed E-state index contributed by atoms with van der Waals surface area (Å²) in [5.74, 6) is 0. The Hall–Kier alpha value is -12.7. The van der Waals surface area contributed by atoms with Crippen molar-refractivity contribution in [3.8, 4) is 33.9 Å². The maximum absolute atomic E-state index is 2.75. The largest absolute Gasteiger partial charge is 0.310 e. The van der Waals surface area contributed by atoms with Crippen molar-refractivity contribution >= 4 is 197 Å². The summed E-state index contributed by atoms with van der Waals surface area (Å²) in [7, 11) is 0. The summed E-state index contributed by atoms with van der Waals surface area (Å²) in [6, 6.07) is 118. The molecule has 0 N–H and O–H groups in total. The highest BCUT2D eigenvalue weighted by Crippen LogP contribution is 2.52. The van der Waals surface area contributed by atoms with Crippen molar-refractivity contribution in [2.75, 3.05) is 0 Å². The van der Waals surface area contributed by atoms with Crippen LogP contribution in [0.25, 0.3) is 207 Å². The lowest BCUT2D eigenvalue weighted by molar-refractivity contribution is 1.13. The number of aromatic nitrogens is 4. The highest BCUT2D eigenvalue weighted by molar-refractivity contribution is 7.01. The van der Waals surface area contributed by atoms with E-state index in [2.05, 4.69) is 328 Å². The molecule has 0 aliphatic carbocycles. The Kier molecular flexibility index (Phi) is 9.51. The van der Waals surface area contributed by atoms with Crippen molar-refractivity contribution in [1.29, 1.82) is 0 Å². The zero-order valence-electron chi connectivity index (χ0n) is 52.3. The molecule has 0 saturated heterocycles. The molecule has 0 unspecified atom stereocenters. The molecular weight excluding hydrogens is 1170 g/mol. The summed E-state index contributed by atoms with van der Waals surface area (Å²) < 4.78 is 10.5. The van der Waals surface area contributed by atoms with E-state index < -0.39 is 0 Å². The van der Waals surface area contributed by atoms with Crippen LogP contribution in [0.15, 0.2) is 309 Å². The summed E-state index contributed by atoms with van der Waals surface area (Å²) in [5.41, 5.74) is 20.6. The number of hydrogen-bond donors (Lipinski definition) is 0. The van der Waals surface area contributed by atoms with Gasteiger partial charge in [0.15, 0.2) is 0 Å². The van der Waals surface area contributed by atoms with E-state index in [9.17, 15) is 0 Å².